The number of carbonyl (C=O) groups excluding carboxylic acids is 1. The Labute approximate surface area is 165 Å². The van der Waals surface area contributed by atoms with Crippen molar-refractivity contribution in [1.29, 1.82) is 0 Å². The Bertz CT molecular complexity index is 584. The quantitative estimate of drug-likeness (QED) is 0.730. The molecule has 1 aliphatic rings. The maximum absolute atomic E-state index is 12.2. The number of halogens is 2. The molecule has 26 heavy (non-hydrogen) atoms. The molecule has 1 fully saturated rings. The van der Waals surface area contributed by atoms with Crippen molar-refractivity contribution in [3.05, 3.63) is 34.9 Å². The molecule has 0 aromatic heterocycles. The molecular weight excluding hydrogens is 377 g/mol. The lowest BCUT2D eigenvalue weighted by molar-refractivity contribution is -0.138. The standard InChI is InChI=1S/C18H26ClN3O3.ClH/c1-21(13-18(24)25)16-3-2-9-22(10-8-16)12-17(23)20-11-14-4-6-15(19)7-5-14;/h4-7,16H,2-3,8-13H2,1H3,(H,20,23)(H,24,25);1H. The van der Waals surface area contributed by atoms with Crippen LogP contribution in [0.3, 0.4) is 0 Å². The molecule has 0 aliphatic carbocycles. The third kappa shape index (κ3) is 7.91. The second-order valence-electron chi connectivity index (χ2n) is 6.57. The van der Waals surface area contributed by atoms with Crippen molar-refractivity contribution in [2.75, 3.05) is 33.2 Å². The van der Waals surface area contributed by atoms with Gasteiger partial charge in [0.1, 0.15) is 0 Å². The van der Waals surface area contributed by atoms with Crippen LogP contribution in [0.25, 0.3) is 0 Å². The van der Waals surface area contributed by atoms with E-state index in [0.29, 0.717) is 18.1 Å². The lowest BCUT2D eigenvalue weighted by atomic mass is 10.1. The zero-order valence-corrected chi connectivity index (χ0v) is 16.6. The molecule has 2 N–H and O–H groups in total. The molecule has 6 nitrogen and oxygen atoms in total. The normalized spacial score (nSPS) is 18.0. The molecule has 146 valence electrons. The molecular formula is C18H27Cl2N3O3. The molecule has 1 heterocycles. The number of amides is 1. The highest BCUT2D eigenvalue weighted by molar-refractivity contribution is 6.30. The van der Waals surface area contributed by atoms with E-state index in [9.17, 15) is 9.59 Å². The number of hydrogen-bond acceptors (Lipinski definition) is 4. The lowest BCUT2D eigenvalue weighted by Crippen LogP contribution is -2.39. The van der Waals surface area contributed by atoms with E-state index in [2.05, 4.69) is 10.2 Å². The molecule has 1 aromatic carbocycles. The van der Waals surface area contributed by atoms with Crippen LogP contribution in [0.1, 0.15) is 24.8 Å². The number of nitrogens with zero attached hydrogens (tertiary/aromatic N) is 2. The van der Waals surface area contributed by atoms with Crippen molar-refractivity contribution in [3.8, 4) is 0 Å². The van der Waals surface area contributed by atoms with Crippen LogP contribution in [0.5, 0.6) is 0 Å². The van der Waals surface area contributed by atoms with Crippen molar-refractivity contribution in [2.24, 2.45) is 0 Å². The first-order valence-corrected chi connectivity index (χ1v) is 8.97. The van der Waals surface area contributed by atoms with E-state index in [4.69, 9.17) is 16.7 Å². The fourth-order valence-corrected chi connectivity index (χ4v) is 3.27. The minimum absolute atomic E-state index is 0. The van der Waals surface area contributed by atoms with Crippen molar-refractivity contribution in [2.45, 2.75) is 31.8 Å². The number of carbonyl (C=O) groups is 2. The molecule has 1 amide bonds. The first kappa shape index (κ1) is 22.7. The molecule has 2 rings (SSSR count). The van der Waals surface area contributed by atoms with Gasteiger partial charge in [0, 0.05) is 24.2 Å². The number of hydrogen-bond donors (Lipinski definition) is 2. The van der Waals surface area contributed by atoms with Crippen LogP contribution in [0.2, 0.25) is 5.02 Å². The van der Waals surface area contributed by atoms with E-state index >= 15 is 0 Å². The smallest absolute Gasteiger partial charge is 0.317 e. The first-order chi connectivity index (χ1) is 11.9. The van der Waals surface area contributed by atoms with Gasteiger partial charge < -0.3 is 10.4 Å². The summed E-state index contributed by atoms with van der Waals surface area (Å²) in [6.45, 7) is 2.61. The fourth-order valence-electron chi connectivity index (χ4n) is 3.14. The van der Waals surface area contributed by atoms with Gasteiger partial charge in [0.2, 0.25) is 5.91 Å². The Morgan fingerprint density at radius 2 is 1.96 bits per heavy atom. The molecule has 0 saturated carbocycles. The summed E-state index contributed by atoms with van der Waals surface area (Å²) in [6.07, 6.45) is 2.82. The summed E-state index contributed by atoms with van der Waals surface area (Å²) in [6, 6.07) is 7.68. The Morgan fingerprint density at radius 3 is 2.62 bits per heavy atom. The van der Waals surface area contributed by atoms with Crippen molar-refractivity contribution >= 4 is 35.9 Å². The van der Waals surface area contributed by atoms with Gasteiger partial charge in [0.25, 0.3) is 0 Å². The Hall–Kier alpha value is -1.34. The van der Waals surface area contributed by atoms with Crippen molar-refractivity contribution in [1.82, 2.24) is 15.1 Å². The van der Waals surface area contributed by atoms with Gasteiger partial charge in [-0.2, -0.15) is 0 Å². The summed E-state index contributed by atoms with van der Waals surface area (Å²) < 4.78 is 0. The summed E-state index contributed by atoms with van der Waals surface area (Å²) >= 11 is 5.85. The third-order valence-corrected chi connectivity index (χ3v) is 4.82. The highest BCUT2D eigenvalue weighted by Crippen LogP contribution is 2.15. The monoisotopic (exact) mass is 403 g/mol. The number of benzene rings is 1. The van der Waals surface area contributed by atoms with Gasteiger partial charge in [-0.05, 0) is 50.6 Å². The zero-order valence-electron chi connectivity index (χ0n) is 15.0. The molecule has 1 atom stereocenters. The summed E-state index contributed by atoms with van der Waals surface area (Å²) in [5.74, 6) is -0.794. The number of likely N-dealkylation sites (tertiary alicyclic amines) is 1. The third-order valence-electron chi connectivity index (χ3n) is 4.57. The van der Waals surface area contributed by atoms with E-state index in [1.807, 2.05) is 36.2 Å². The number of aliphatic carboxylic acids is 1. The molecule has 0 radical (unpaired) electrons. The van der Waals surface area contributed by atoms with Crippen molar-refractivity contribution in [3.63, 3.8) is 0 Å². The SMILES string of the molecule is CN(CC(=O)O)C1CCCN(CC(=O)NCc2ccc(Cl)cc2)CC1.Cl. The van der Waals surface area contributed by atoms with Gasteiger partial charge in [-0.25, -0.2) is 0 Å². The van der Waals surface area contributed by atoms with Crippen LogP contribution in [0.15, 0.2) is 24.3 Å². The molecule has 1 aliphatic heterocycles. The van der Waals surface area contributed by atoms with Crippen LogP contribution in [0, 0.1) is 0 Å². The maximum Gasteiger partial charge on any atom is 0.317 e. The van der Waals surface area contributed by atoms with Gasteiger partial charge in [-0.15, -0.1) is 12.4 Å². The lowest BCUT2D eigenvalue weighted by Gasteiger charge is -2.25. The second-order valence-corrected chi connectivity index (χ2v) is 7.01. The van der Waals surface area contributed by atoms with E-state index in [-0.39, 0.29) is 30.9 Å². The average Bonchev–Trinajstić information content (AvgIpc) is 2.79. The van der Waals surface area contributed by atoms with Gasteiger partial charge in [0.15, 0.2) is 0 Å². The topological polar surface area (TPSA) is 72.9 Å². The summed E-state index contributed by atoms with van der Waals surface area (Å²) in [7, 11) is 1.85. The average molecular weight is 404 g/mol. The Balaban J connectivity index is 0.00000338. The van der Waals surface area contributed by atoms with E-state index in [0.717, 1.165) is 37.9 Å². The van der Waals surface area contributed by atoms with E-state index < -0.39 is 5.97 Å². The van der Waals surface area contributed by atoms with Crippen LogP contribution < -0.4 is 5.32 Å². The van der Waals surface area contributed by atoms with Gasteiger partial charge >= 0.3 is 5.97 Å². The summed E-state index contributed by atoms with van der Waals surface area (Å²) in [4.78, 5) is 27.0. The largest absolute Gasteiger partial charge is 0.480 e. The first-order valence-electron chi connectivity index (χ1n) is 8.59. The number of carboxylic acid groups (broad SMARTS) is 1. The minimum Gasteiger partial charge on any atom is -0.480 e. The van der Waals surface area contributed by atoms with Gasteiger partial charge in [-0.1, -0.05) is 23.7 Å². The van der Waals surface area contributed by atoms with Crippen LogP contribution in [-0.2, 0) is 16.1 Å². The van der Waals surface area contributed by atoms with Crippen LogP contribution in [-0.4, -0.2) is 66.1 Å². The maximum atomic E-state index is 12.2. The fraction of sp³-hybridized carbons (Fsp3) is 0.556. The number of rotatable bonds is 7. The predicted octanol–water partition coefficient (Wildman–Crippen LogP) is 2.25. The molecule has 1 unspecified atom stereocenters. The van der Waals surface area contributed by atoms with E-state index in [1.54, 1.807) is 0 Å². The minimum atomic E-state index is -0.801. The molecule has 0 bridgehead atoms. The zero-order chi connectivity index (χ0) is 18.2. The molecule has 1 saturated heterocycles. The molecule has 8 heteroatoms. The number of carboxylic acids is 1. The summed E-state index contributed by atoms with van der Waals surface area (Å²) in [5.41, 5.74) is 1.02. The van der Waals surface area contributed by atoms with Gasteiger partial charge in [-0.3, -0.25) is 19.4 Å². The number of nitrogens with one attached hydrogen (secondary N) is 1. The molecule has 1 aromatic rings. The Morgan fingerprint density at radius 1 is 1.27 bits per heavy atom. The highest BCUT2D eigenvalue weighted by atomic mass is 35.5. The number of likely N-dealkylation sites (N-methyl/N-ethyl adjacent to an activating group) is 1. The Kier molecular flexibility index (Phi) is 9.94. The predicted molar refractivity (Wildman–Crippen MR) is 105 cm³/mol. The molecule has 0 spiro atoms. The van der Waals surface area contributed by atoms with Crippen LogP contribution in [0.4, 0.5) is 0 Å². The van der Waals surface area contributed by atoms with Crippen molar-refractivity contribution < 1.29 is 14.7 Å². The van der Waals surface area contributed by atoms with Gasteiger partial charge in [0.05, 0.1) is 13.1 Å². The van der Waals surface area contributed by atoms with E-state index in [1.165, 1.54) is 0 Å². The summed E-state index contributed by atoms with van der Waals surface area (Å²) in [5, 5.41) is 12.5. The second kappa shape index (κ2) is 11.4. The van der Waals surface area contributed by atoms with Crippen LogP contribution >= 0.6 is 24.0 Å². The highest BCUT2D eigenvalue weighted by Gasteiger charge is 2.22.